The molecule has 0 N–H and O–H groups in total. The monoisotopic (exact) mass is 283 g/mol. The maximum absolute atomic E-state index is 12.3. The predicted octanol–water partition coefficient (Wildman–Crippen LogP) is 2.89. The number of ether oxygens (including phenoxy) is 2. The topological polar surface area (TPSA) is 55.8 Å². The SMILES string of the molecule is C=CCCC(=O)[C@@H]1COC(C)(C)N1C(=O)OC(C)(C)C. The van der Waals surface area contributed by atoms with E-state index < -0.39 is 23.5 Å². The van der Waals surface area contributed by atoms with E-state index in [9.17, 15) is 9.59 Å². The van der Waals surface area contributed by atoms with Gasteiger partial charge in [0, 0.05) is 6.42 Å². The first-order chi connectivity index (χ1) is 9.08. The molecule has 1 heterocycles. The standard InChI is InChI=1S/C15H25NO4/c1-7-8-9-12(17)11-10-19-15(5,6)16(11)13(18)20-14(2,3)4/h7,11H,1,8-10H2,2-6H3/t11-/m0/s1. The van der Waals surface area contributed by atoms with Crippen LogP contribution < -0.4 is 0 Å². The van der Waals surface area contributed by atoms with Gasteiger partial charge in [-0.1, -0.05) is 6.08 Å². The van der Waals surface area contributed by atoms with Gasteiger partial charge in [0.2, 0.25) is 0 Å². The Bertz CT molecular complexity index is 395. The number of carbonyl (C=O) groups is 2. The van der Waals surface area contributed by atoms with E-state index in [0.29, 0.717) is 12.8 Å². The Morgan fingerprint density at radius 3 is 2.55 bits per heavy atom. The van der Waals surface area contributed by atoms with Crippen LogP contribution in [0.3, 0.4) is 0 Å². The molecule has 0 saturated carbocycles. The molecule has 5 heteroatoms. The number of nitrogens with zero attached hydrogens (tertiary/aromatic N) is 1. The van der Waals surface area contributed by atoms with E-state index in [0.717, 1.165) is 0 Å². The van der Waals surface area contributed by atoms with Crippen LogP contribution in [0.2, 0.25) is 0 Å². The van der Waals surface area contributed by atoms with E-state index in [4.69, 9.17) is 9.47 Å². The van der Waals surface area contributed by atoms with Gasteiger partial charge in [-0.05, 0) is 41.0 Å². The van der Waals surface area contributed by atoms with Crippen molar-refractivity contribution < 1.29 is 19.1 Å². The predicted molar refractivity (Wildman–Crippen MR) is 76.3 cm³/mol. The molecular weight excluding hydrogens is 258 g/mol. The van der Waals surface area contributed by atoms with Crippen LogP contribution in [0, 0.1) is 0 Å². The molecule has 1 atom stereocenters. The van der Waals surface area contributed by atoms with Crippen LogP contribution in [-0.2, 0) is 14.3 Å². The molecule has 0 aromatic carbocycles. The number of carbonyl (C=O) groups excluding carboxylic acids is 2. The largest absolute Gasteiger partial charge is 0.444 e. The third kappa shape index (κ3) is 4.07. The van der Waals surface area contributed by atoms with Crippen LogP contribution in [0.1, 0.15) is 47.5 Å². The average molecular weight is 283 g/mol. The van der Waals surface area contributed by atoms with Gasteiger partial charge >= 0.3 is 6.09 Å². The Morgan fingerprint density at radius 1 is 1.45 bits per heavy atom. The third-order valence-electron chi connectivity index (χ3n) is 3.04. The van der Waals surface area contributed by atoms with Gasteiger partial charge in [-0.3, -0.25) is 9.69 Å². The average Bonchev–Trinajstić information content (AvgIpc) is 2.59. The number of ketones is 1. The van der Waals surface area contributed by atoms with Crippen LogP contribution >= 0.6 is 0 Å². The van der Waals surface area contributed by atoms with Crippen molar-refractivity contribution in [1.82, 2.24) is 4.90 Å². The molecular formula is C15H25NO4. The molecule has 0 bridgehead atoms. The van der Waals surface area contributed by atoms with E-state index in [-0.39, 0.29) is 12.4 Å². The smallest absolute Gasteiger partial charge is 0.413 e. The Morgan fingerprint density at radius 2 is 2.05 bits per heavy atom. The molecule has 0 aromatic heterocycles. The fourth-order valence-corrected chi connectivity index (χ4v) is 2.11. The Kier molecular flexibility index (Phi) is 4.97. The van der Waals surface area contributed by atoms with Gasteiger partial charge in [-0.2, -0.15) is 0 Å². The lowest BCUT2D eigenvalue weighted by Crippen LogP contribution is -2.52. The molecule has 0 aromatic rings. The summed E-state index contributed by atoms with van der Waals surface area (Å²) in [7, 11) is 0. The molecule has 0 spiro atoms. The van der Waals surface area contributed by atoms with Gasteiger partial charge in [0.1, 0.15) is 17.4 Å². The zero-order valence-electron chi connectivity index (χ0n) is 13.1. The summed E-state index contributed by atoms with van der Waals surface area (Å²) in [6.45, 7) is 12.7. The highest BCUT2D eigenvalue weighted by atomic mass is 16.6. The second-order valence-corrected chi connectivity index (χ2v) is 6.42. The lowest BCUT2D eigenvalue weighted by atomic mass is 10.1. The zero-order chi connectivity index (χ0) is 15.6. The van der Waals surface area contributed by atoms with E-state index in [1.165, 1.54) is 4.90 Å². The highest BCUT2D eigenvalue weighted by Gasteiger charge is 2.48. The van der Waals surface area contributed by atoms with Crippen molar-refractivity contribution in [2.45, 2.75) is 64.8 Å². The van der Waals surface area contributed by atoms with Crippen LogP contribution in [0.15, 0.2) is 12.7 Å². The molecule has 0 unspecified atom stereocenters. The normalized spacial score (nSPS) is 21.6. The summed E-state index contributed by atoms with van der Waals surface area (Å²) in [5.74, 6) is -0.0265. The van der Waals surface area contributed by atoms with E-state index >= 15 is 0 Å². The maximum atomic E-state index is 12.3. The first-order valence-electron chi connectivity index (χ1n) is 6.88. The molecule has 5 nitrogen and oxygen atoms in total. The van der Waals surface area contributed by atoms with Crippen LogP contribution in [0.4, 0.5) is 4.79 Å². The van der Waals surface area contributed by atoms with Crippen molar-refractivity contribution in [3.8, 4) is 0 Å². The molecule has 1 rings (SSSR count). The number of allylic oxidation sites excluding steroid dienone is 1. The molecule has 1 aliphatic heterocycles. The van der Waals surface area contributed by atoms with Crippen molar-refractivity contribution in [3.63, 3.8) is 0 Å². The van der Waals surface area contributed by atoms with E-state index in [1.807, 2.05) is 0 Å². The Labute approximate surface area is 120 Å². The van der Waals surface area contributed by atoms with Gasteiger partial charge in [0.25, 0.3) is 0 Å². The lowest BCUT2D eigenvalue weighted by molar-refractivity contribution is -0.124. The van der Waals surface area contributed by atoms with Crippen molar-refractivity contribution >= 4 is 11.9 Å². The van der Waals surface area contributed by atoms with Crippen LogP contribution in [0.5, 0.6) is 0 Å². The molecule has 1 aliphatic rings. The van der Waals surface area contributed by atoms with Crippen molar-refractivity contribution in [3.05, 3.63) is 12.7 Å². The summed E-state index contributed by atoms with van der Waals surface area (Å²) in [4.78, 5) is 25.9. The second-order valence-electron chi connectivity index (χ2n) is 6.42. The number of rotatable bonds is 4. The highest BCUT2D eigenvalue weighted by Crippen LogP contribution is 2.30. The fraction of sp³-hybridized carbons (Fsp3) is 0.733. The molecule has 1 fully saturated rings. The summed E-state index contributed by atoms with van der Waals surface area (Å²) in [6.07, 6.45) is 2.12. The summed E-state index contributed by atoms with van der Waals surface area (Å²) in [5.41, 5.74) is -1.44. The number of hydrogen-bond acceptors (Lipinski definition) is 4. The van der Waals surface area contributed by atoms with Gasteiger partial charge in [-0.25, -0.2) is 4.79 Å². The summed E-state index contributed by atoms with van der Waals surface area (Å²) < 4.78 is 11.0. The molecule has 1 amide bonds. The van der Waals surface area contributed by atoms with Crippen molar-refractivity contribution in [1.29, 1.82) is 0 Å². The Balaban J connectivity index is 2.88. The molecule has 1 saturated heterocycles. The van der Waals surface area contributed by atoms with Crippen molar-refractivity contribution in [2.24, 2.45) is 0 Å². The molecule has 0 radical (unpaired) electrons. The van der Waals surface area contributed by atoms with Crippen LogP contribution in [0.25, 0.3) is 0 Å². The molecule has 114 valence electrons. The third-order valence-corrected chi connectivity index (χ3v) is 3.04. The summed E-state index contributed by atoms with van der Waals surface area (Å²) >= 11 is 0. The summed E-state index contributed by atoms with van der Waals surface area (Å²) in [6, 6.07) is -0.584. The lowest BCUT2D eigenvalue weighted by Gasteiger charge is -2.34. The highest BCUT2D eigenvalue weighted by molar-refractivity contribution is 5.88. The minimum atomic E-state index is -0.836. The van der Waals surface area contributed by atoms with Gasteiger partial charge in [-0.15, -0.1) is 6.58 Å². The fourth-order valence-electron chi connectivity index (χ4n) is 2.11. The molecule has 0 aliphatic carbocycles. The molecule has 20 heavy (non-hydrogen) atoms. The van der Waals surface area contributed by atoms with E-state index in [2.05, 4.69) is 6.58 Å². The van der Waals surface area contributed by atoms with E-state index in [1.54, 1.807) is 40.7 Å². The van der Waals surface area contributed by atoms with Gasteiger partial charge < -0.3 is 9.47 Å². The zero-order valence-corrected chi connectivity index (χ0v) is 13.1. The first kappa shape index (κ1) is 16.7. The summed E-state index contributed by atoms with van der Waals surface area (Å²) in [5, 5.41) is 0. The van der Waals surface area contributed by atoms with Crippen molar-refractivity contribution in [2.75, 3.05) is 6.61 Å². The minimum Gasteiger partial charge on any atom is -0.444 e. The van der Waals surface area contributed by atoms with Crippen LogP contribution in [-0.4, -0.2) is 40.8 Å². The first-order valence-corrected chi connectivity index (χ1v) is 6.88. The number of hydrogen-bond donors (Lipinski definition) is 0. The maximum Gasteiger partial charge on any atom is 0.413 e. The quantitative estimate of drug-likeness (QED) is 0.744. The van der Waals surface area contributed by atoms with Gasteiger partial charge in [0.05, 0.1) is 6.61 Å². The number of amides is 1. The second kappa shape index (κ2) is 5.95. The minimum absolute atomic E-state index is 0.0265. The van der Waals surface area contributed by atoms with Gasteiger partial charge in [0.15, 0.2) is 5.78 Å². The number of Topliss-reactive ketones (excluding diaryl/α,β-unsaturated/α-hetero) is 1. The Hall–Kier alpha value is -1.36.